The number of nitrogens with one attached hydrogen (secondary N) is 1. The molecule has 0 aliphatic carbocycles. The number of ether oxygens (including phenoxy) is 1. The quantitative estimate of drug-likeness (QED) is 0.813. The van der Waals surface area contributed by atoms with E-state index in [0.717, 1.165) is 5.56 Å². The molecule has 104 valence electrons. The fraction of sp³-hybridized carbons (Fsp3) is 0.200. The highest BCUT2D eigenvalue weighted by Crippen LogP contribution is 2.18. The summed E-state index contributed by atoms with van der Waals surface area (Å²) >= 11 is 0. The van der Waals surface area contributed by atoms with Crippen LogP contribution in [0.2, 0.25) is 0 Å². The molecule has 0 unspecified atom stereocenters. The van der Waals surface area contributed by atoms with Gasteiger partial charge in [0, 0.05) is 18.2 Å². The van der Waals surface area contributed by atoms with Gasteiger partial charge < -0.3 is 15.8 Å². The molecule has 1 aliphatic rings. The van der Waals surface area contributed by atoms with E-state index >= 15 is 0 Å². The number of para-hydroxylation sites is 1. The fourth-order valence-corrected chi connectivity index (χ4v) is 1.82. The van der Waals surface area contributed by atoms with Crippen molar-refractivity contribution in [3.63, 3.8) is 0 Å². The van der Waals surface area contributed by atoms with Gasteiger partial charge in [0.15, 0.2) is 0 Å². The first-order valence-electron chi connectivity index (χ1n) is 6.33. The standard InChI is InChI=1S/C15H16N2O3/c16-10-14(18)17-13-6-2-1-4-11(13)8-9-12-5-3-7-15(19)20-12/h1-4,6-9,12H,5,10,16H2,(H,17,18)/b9-8+/t12-/m1/s1. The Morgan fingerprint density at radius 3 is 3.00 bits per heavy atom. The van der Waals surface area contributed by atoms with Crippen molar-refractivity contribution >= 4 is 23.6 Å². The topological polar surface area (TPSA) is 81.4 Å². The van der Waals surface area contributed by atoms with E-state index in [4.69, 9.17) is 10.5 Å². The van der Waals surface area contributed by atoms with Gasteiger partial charge in [0.05, 0.1) is 6.54 Å². The average Bonchev–Trinajstić information content (AvgIpc) is 2.46. The molecule has 1 aromatic carbocycles. The maximum Gasteiger partial charge on any atom is 0.331 e. The first-order chi connectivity index (χ1) is 9.69. The highest BCUT2D eigenvalue weighted by Gasteiger charge is 2.12. The van der Waals surface area contributed by atoms with E-state index in [9.17, 15) is 9.59 Å². The third-order valence-corrected chi connectivity index (χ3v) is 2.80. The molecular formula is C15H16N2O3. The molecule has 5 nitrogen and oxygen atoms in total. The largest absolute Gasteiger partial charge is 0.455 e. The Morgan fingerprint density at radius 2 is 2.25 bits per heavy atom. The SMILES string of the molecule is NCC(=O)Nc1ccccc1/C=C/[C@H]1CC=CC(=O)O1. The van der Waals surface area contributed by atoms with Crippen molar-refractivity contribution in [3.05, 3.63) is 48.1 Å². The van der Waals surface area contributed by atoms with Crippen LogP contribution in [0.5, 0.6) is 0 Å². The van der Waals surface area contributed by atoms with Gasteiger partial charge in [-0.3, -0.25) is 4.79 Å². The number of carbonyl (C=O) groups excluding carboxylic acids is 2. The second-order valence-electron chi connectivity index (χ2n) is 4.31. The molecule has 0 saturated carbocycles. The maximum atomic E-state index is 11.3. The van der Waals surface area contributed by atoms with Gasteiger partial charge in [0.1, 0.15) is 6.10 Å². The second-order valence-corrected chi connectivity index (χ2v) is 4.31. The number of benzene rings is 1. The zero-order valence-electron chi connectivity index (χ0n) is 10.9. The minimum absolute atomic E-state index is 0.0664. The van der Waals surface area contributed by atoms with E-state index in [2.05, 4.69) is 5.32 Å². The van der Waals surface area contributed by atoms with E-state index < -0.39 is 0 Å². The van der Waals surface area contributed by atoms with Crippen LogP contribution >= 0.6 is 0 Å². The van der Waals surface area contributed by atoms with Crippen LogP contribution in [-0.2, 0) is 14.3 Å². The van der Waals surface area contributed by atoms with Gasteiger partial charge in [0.25, 0.3) is 0 Å². The van der Waals surface area contributed by atoms with Crippen molar-refractivity contribution < 1.29 is 14.3 Å². The molecule has 0 spiro atoms. The fourth-order valence-electron chi connectivity index (χ4n) is 1.82. The number of rotatable bonds is 4. The van der Waals surface area contributed by atoms with Crippen molar-refractivity contribution in [2.45, 2.75) is 12.5 Å². The maximum absolute atomic E-state index is 11.3. The van der Waals surface area contributed by atoms with Gasteiger partial charge in [-0.2, -0.15) is 0 Å². The van der Waals surface area contributed by atoms with Crippen molar-refractivity contribution in [2.75, 3.05) is 11.9 Å². The van der Waals surface area contributed by atoms with Crippen molar-refractivity contribution in [3.8, 4) is 0 Å². The number of amides is 1. The lowest BCUT2D eigenvalue weighted by molar-refractivity contribution is -0.141. The van der Waals surface area contributed by atoms with Gasteiger partial charge in [-0.05, 0) is 17.7 Å². The Labute approximate surface area is 117 Å². The Morgan fingerprint density at radius 1 is 1.45 bits per heavy atom. The molecule has 0 bridgehead atoms. The van der Waals surface area contributed by atoms with Gasteiger partial charge in [0.2, 0.25) is 5.91 Å². The average molecular weight is 272 g/mol. The predicted octanol–water partition coefficient (Wildman–Crippen LogP) is 1.47. The summed E-state index contributed by atoms with van der Waals surface area (Å²) in [6.45, 7) is -0.0664. The molecule has 3 N–H and O–H groups in total. The lowest BCUT2D eigenvalue weighted by Crippen LogP contribution is -2.22. The number of cyclic esters (lactones) is 1. The molecule has 20 heavy (non-hydrogen) atoms. The summed E-state index contributed by atoms with van der Waals surface area (Å²) in [5, 5.41) is 2.72. The van der Waals surface area contributed by atoms with Gasteiger partial charge in [-0.15, -0.1) is 0 Å². The molecule has 2 rings (SSSR count). The van der Waals surface area contributed by atoms with Crippen molar-refractivity contribution in [2.24, 2.45) is 5.73 Å². The lowest BCUT2D eigenvalue weighted by atomic mass is 10.1. The zero-order valence-corrected chi connectivity index (χ0v) is 10.9. The molecule has 1 atom stereocenters. The number of esters is 1. The van der Waals surface area contributed by atoms with E-state index in [1.807, 2.05) is 24.3 Å². The Balaban J connectivity index is 2.10. The summed E-state index contributed by atoms with van der Waals surface area (Å²) in [6.07, 6.45) is 7.20. The highest BCUT2D eigenvalue weighted by molar-refractivity contribution is 5.94. The summed E-state index contributed by atoms with van der Waals surface area (Å²) in [5.74, 6) is -0.589. The number of hydrogen-bond donors (Lipinski definition) is 2. The highest BCUT2D eigenvalue weighted by atomic mass is 16.5. The molecule has 0 aromatic heterocycles. The van der Waals surface area contributed by atoms with Gasteiger partial charge >= 0.3 is 5.97 Å². The van der Waals surface area contributed by atoms with Crippen molar-refractivity contribution in [1.82, 2.24) is 0 Å². The summed E-state index contributed by atoms with van der Waals surface area (Å²) < 4.78 is 5.13. The molecule has 0 fully saturated rings. The van der Waals surface area contributed by atoms with Crippen LogP contribution in [-0.4, -0.2) is 24.5 Å². The molecule has 0 saturated heterocycles. The number of anilines is 1. The molecular weight excluding hydrogens is 256 g/mol. The Bertz CT molecular complexity index is 564. The third-order valence-electron chi connectivity index (χ3n) is 2.80. The molecule has 1 aromatic rings. The zero-order chi connectivity index (χ0) is 14.4. The van der Waals surface area contributed by atoms with E-state index in [0.29, 0.717) is 12.1 Å². The first kappa shape index (κ1) is 14.0. The van der Waals surface area contributed by atoms with E-state index in [1.165, 1.54) is 6.08 Å². The first-order valence-corrected chi connectivity index (χ1v) is 6.33. The number of carbonyl (C=O) groups is 2. The van der Waals surface area contributed by atoms with Crippen LogP contribution in [0.4, 0.5) is 5.69 Å². The number of hydrogen-bond acceptors (Lipinski definition) is 4. The smallest absolute Gasteiger partial charge is 0.331 e. The third kappa shape index (κ3) is 3.80. The van der Waals surface area contributed by atoms with Crippen molar-refractivity contribution in [1.29, 1.82) is 0 Å². The molecule has 5 heteroatoms. The van der Waals surface area contributed by atoms with Crippen LogP contribution in [0, 0.1) is 0 Å². The van der Waals surface area contributed by atoms with Crippen LogP contribution in [0.15, 0.2) is 42.5 Å². The summed E-state index contributed by atoms with van der Waals surface area (Å²) in [7, 11) is 0. The Kier molecular flexibility index (Phi) is 4.68. The molecule has 1 heterocycles. The molecule has 1 amide bonds. The molecule has 0 radical (unpaired) electrons. The van der Waals surface area contributed by atoms with E-state index in [-0.39, 0.29) is 24.5 Å². The lowest BCUT2D eigenvalue weighted by Gasteiger charge is -2.15. The normalized spacial score (nSPS) is 18.1. The van der Waals surface area contributed by atoms with E-state index in [1.54, 1.807) is 18.2 Å². The monoisotopic (exact) mass is 272 g/mol. The minimum atomic E-state index is -0.337. The summed E-state index contributed by atoms with van der Waals surface area (Å²) in [5.41, 5.74) is 6.79. The second kappa shape index (κ2) is 6.68. The Hall–Kier alpha value is -2.40. The molecule has 1 aliphatic heterocycles. The number of nitrogens with two attached hydrogens (primary N) is 1. The minimum Gasteiger partial charge on any atom is -0.455 e. The summed E-state index contributed by atoms with van der Waals surface area (Å²) in [6, 6.07) is 7.35. The van der Waals surface area contributed by atoms with Crippen LogP contribution in [0.3, 0.4) is 0 Å². The summed E-state index contributed by atoms with van der Waals surface area (Å²) in [4.78, 5) is 22.5. The van der Waals surface area contributed by atoms with Crippen LogP contribution in [0.25, 0.3) is 6.08 Å². The van der Waals surface area contributed by atoms with Gasteiger partial charge in [-0.1, -0.05) is 30.4 Å². The predicted molar refractivity (Wildman–Crippen MR) is 76.8 cm³/mol. The van der Waals surface area contributed by atoms with Gasteiger partial charge in [-0.25, -0.2) is 4.79 Å². The van der Waals surface area contributed by atoms with Crippen LogP contribution < -0.4 is 11.1 Å². The van der Waals surface area contributed by atoms with Crippen LogP contribution in [0.1, 0.15) is 12.0 Å².